The van der Waals surface area contributed by atoms with E-state index >= 15 is 0 Å². The standard InChI is InChI=1S/C13H10Cl2OS/c14-10-6-5-9(7-11(10)15)8-17-13-4-2-1-3-12(13)16/h1-7,16H,8H2. The molecule has 0 atom stereocenters. The molecule has 2 aromatic carbocycles. The summed E-state index contributed by atoms with van der Waals surface area (Å²) in [5.41, 5.74) is 1.08. The molecule has 0 spiro atoms. The fourth-order valence-electron chi connectivity index (χ4n) is 1.37. The van der Waals surface area contributed by atoms with Gasteiger partial charge in [-0.1, -0.05) is 41.4 Å². The maximum atomic E-state index is 9.62. The Morgan fingerprint density at radius 3 is 2.47 bits per heavy atom. The topological polar surface area (TPSA) is 20.2 Å². The van der Waals surface area contributed by atoms with Gasteiger partial charge in [-0.25, -0.2) is 0 Å². The van der Waals surface area contributed by atoms with Crippen LogP contribution in [0.1, 0.15) is 5.56 Å². The second-order valence-corrected chi connectivity index (χ2v) is 5.34. The third-order valence-corrected chi connectivity index (χ3v) is 4.12. The quantitative estimate of drug-likeness (QED) is 0.801. The van der Waals surface area contributed by atoms with Crippen LogP contribution in [0.2, 0.25) is 10.0 Å². The SMILES string of the molecule is Oc1ccccc1SCc1ccc(Cl)c(Cl)c1. The summed E-state index contributed by atoms with van der Waals surface area (Å²) in [6.45, 7) is 0. The van der Waals surface area contributed by atoms with Crippen LogP contribution in [0.4, 0.5) is 0 Å². The van der Waals surface area contributed by atoms with E-state index in [0.717, 1.165) is 16.2 Å². The minimum absolute atomic E-state index is 0.303. The first-order valence-electron chi connectivity index (χ1n) is 5.01. The van der Waals surface area contributed by atoms with Gasteiger partial charge in [-0.05, 0) is 29.8 Å². The van der Waals surface area contributed by atoms with Crippen LogP contribution in [-0.2, 0) is 5.75 Å². The average Bonchev–Trinajstić information content (AvgIpc) is 2.32. The van der Waals surface area contributed by atoms with Crippen molar-refractivity contribution in [3.05, 3.63) is 58.1 Å². The summed E-state index contributed by atoms with van der Waals surface area (Å²) in [6, 6.07) is 12.8. The fourth-order valence-corrected chi connectivity index (χ4v) is 2.58. The van der Waals surface area contributed by atoms with E-state index in [-0.39, 0.29) is 0 Å². The second-order valence-electron chi connectivity index (χ2n) is 3.50. The summed E-state index contributed by atoms with van der Waals surface area (Å²) in [5, 5.41) is 10.7. The van der Waals surface area contributed by atoms with E-state index in [4.69, 9.17) is 23.2 Å². The summed E-state index contributed by atoms with van der Waals surface area (Å²) in [7, 11) is 0. The summed E-state index contributed by atoms with van der Waals surface area (Å²) in [4.78, 5) is 0.860. The van der Waals surface area contributed by atoms with E-state index in [1.807, 2.05) is 24.3 Å². The van der Waals surface area contributed by atoms with Crippen molar-refractivity contribution in [2.24, 2.45) is 0 Å². The van der Waals surface area contributed by atoms with Crippen LogP contribution in [0.3, 0.4) is 0 Å². The van der Waals surface area contributed by atoms with E-state index in [2.05, 4.69) is 0 Å². The first kappa shape index (κ1) is 12.6. The van der Waals surface area contributed by atoms with Gasteiger partial charge in [0.15, 0.2) is 0 Å². The van der Waals surface area contributed by atoms with E-state index < -0.39 is 0 Å². The van der Waals surface area contributed by atoms with Gasteiger partial charge in [0.2, 0.25) is 0 Å². The zero-order chi connectivity index (χ0) is 12.3. The number of thioether (sulfide) groups is 1. The number of benzene rings is 2. The Balaban J connectivity index is 2.08. The predicted molar refractivity (Wildman–Crippen MR) is 74.1 cm³/mol. The van der Waals surface area contributed by atoms with Gasteiger partial charge < -0.3 is 5.11 Å². The molecular weight excluding hydrogens is 275 g/mol. The number of halogens is 2. The average molecular weight is 285 g/mol. The number of rotatable bonds is 3. The van der Waals surface area contributed by atoms with Crippen LogP contribution in [0, 0.1) is 0 Å². The van der Waals surface area contributed by atoms with E-state index in [9.17, 15) is 5.11 Å². The molecule has 0 fully saturated rings. The van der Waals surface area contributed by atoms with Crippen molar-refractivity contribution in [2.75, 3.05) is 0 Å². The van der Waals surface area contributed by atoms with Crippen molar-refractivity contribution >= 4 is 35.0 Å². The Morgan fingerprint density at radius 2 is 1.76 bits per heavy atom. The number of phenolic OH excluding ortho intramolecular Hbond substituents is 1. The van der Waals surface area contributed by atoms with Crippen LogP contribution in [0.15, 0.2) is 47.4 Å². The minimum atomic E-state index is 0.303. The molecule has 0 saturated carbocycles. The second kappa shape index (κ2) is 5.67. The summed E-state index contributed by atoms with van der Waals surface area (Å²) in [5.74, 6) is 1.05. The largest absolute Gasteiger partial charge is 0.507 e. The number of para-hydroxylation sites is 1. The van der Waals surface area contributed by atoms with Crippen molar-refractivity contribution in [3.63, 3.8) is 0 Å². The monoisotopic (exact) mass is 284 g/mol. The Hall–Kier alpha value is -0.830. The Labute approximate surface area is 114 Å². The summed E-state index contributed by atoms with van der Waals surface area (Å²) in [6.07, 6.45) is 0. The molecule has 2 rings (SSSR count). The molecule has 1 nitrogen and oxygen atoms in total. The molecule has 0 aromatic heterocycles. The van der Waals surface area contributed by atoms with Crippen LogP contribution in [0.25, 0.3) is 0 Å². The normalized spacial score (nSPS) is 10.5. The van der Waals surface area contributed by atoms with Crippen molar-refractivity contribution in [1.29, 1.82) is 0 Å². The van der Waals surface area contributed by atoms with Gasteiger partial charge in [0.1, 0.15) is 5.75 Å². The number of aromatic hydroxyl groups is 1. The van der Waals surface area contributed by atoms with E-state index in [0.29, 0.717) is 15.8 Å². The first-order valence-corrected chi connectivity index (χ1v) is 6.75. The van der Waals surface area contributed by atoms with Crippen LogP contribution in [-0.4, -0.2) is 5.11 Å². The third-order valence-electron chi connectivity index (χ3n) is 2.24. The van der Waals surface area contributed by atoms with Gasteiger partial charge in [0.25, 0.3) is 0 Å². The minimum Gasteiger partial charge on any atom is -0.507 e. The van der Waals surface area contributed by atoms with Gasteiger partial charge in [-0.15, -0.1) is 11.8 Å². The zero-order valence-corrected chi connectivity index (χ0v) is 11.2. The predicted octanol–water partition coefficient (Wildman–Crippen LogP) is 4.99. The molecule has 0 amide bonds. The maximum absolute atomic E-state index is 9.62. The highest BCUT2D eigenvalue weighted by Crippen LogP contribution is 2.31. The smallest absolute Gasteiger partial charge is 0.129 e. The fraction of sp³-hybridized carbons (Fsp3) is 0.0769. The lowest BCUT2D eigenvalue weighted by atomic mass is 10.2. The lowest BCUT2D eigenvalue weighted by molar-refractivity contribution is 0.462. The number of hydrogen-bond acceptors (Lipinski definition) is 2. The molecule has 4 heteroatoms. The van der Waals surface area contributed by atoms with Crippen molar-refractivity contribution < 1.29 is 5.11 Å². The molecule has 2 aromatic rings. The highest BCUT2D eigenvalue weighted by atomic mass is 35.5. The third kappa shape index (κ3) is 3.32. The molecule has 0 aliphatic heterocycles. The lowest BCUT2D eigenvalue weighted by Gasteiger charge is -2.05. The lowest BCUT2D eigenvalue weighted by Crippen LogP contribution is -1.81. The maximum Gasteiger partial charge on any atom is 0.129 e. The van der Waals surface area contributed by atoms with Gasteiger partial charge in [-0.3, -0.25) is 0 Å². The van der Waals surface area contributed by atoms with Gasteiger partial charge >= 0.3 is 0 Å². The highest BCUT2D eigenvalue weighted by molar-refractivity contribution is 7.98. The summed E-state index contributed by atoms with van der Waals surface area (Å²) >= 11 is 13.3. The Kier molecular flexibility index (Phi) is 4.21. The molecule has 0 saturated heterocycles. The molecule has 0 aliphatic rings. The Bertz CT molecular complexity index is 529. The molecule has 0 heterocycles. The van der Waals surface area contributed by atoms with Crippen LogP contribution in [0.5, 0.6) is 5.75 Å². The molecule has 1 N–H and O–H groups in total. The Morgan fingerprint density at radius 1 is 1.00 bits per heavy atom. The van der Waals surface area contributed by atoms with Crippen molar-refractivity contribution in [1.82, 2.24) is 0 Å². The molecule has 17 heavy (non-hydrogen) atoms. The van der Waals surface area contributed by atoms with Gasteiger partial charge in [0, 0.05) is 10.6 Å². The number of phenols is 1. The van der Waals surface area contributed by atoms with Gasteiger partial charge in [0.05, 0.1) is 10.0 Å². The van der Waals surface area contributed by atoms with Crippen molar-refractivity contribution in [2.45, 2.75) is 10.6 Å². The van der Waals surface area contributed by atoms with Crippen LogP contribution < -0.4 is 0 Å². The van der Waals surface area contributed by atoms with Gasteiger partial charge in [-0.2, -0.15) is 0 Å². The first-order chi connectivity index (χ1) is 8.16. The highest BCUT2D eigenvalue weighted by Gasteiger charge is 2.03. The van der Waals surface area contributed by atoms with Crippen molar-refractivity contribution in [3.8, 4) is 5.75 Å². The van der Waals surface area contributed by atoms with E-state index in [1.165, 1.54) is 0 Å². The molecule has 0 unspecified atom stereocenters. The zero-order valence-electron chi connectivity index (χ0n) is 8.86. The molecule has 0 aliphatic carbocycles. The molecule has 88 valence electrons. The van der Waals surface area contributed by atoms with E-state index in [1.54, 1.807) is 30.0 Å². The molecular formula is C13H10Cl2OS. The number of hydrogen-bond donors (Lipinski definition) is 1. The van der Waals surface area contributed by atoms with Crippen LogP contribution >= 0.6 is 35.0 Å². The molecule has 0 bridgehead atoms. The summed E-state index contributed by atoms with van der Waals surface area (Å²) < 4.78 is 0. The molecule has 0 radical (unpaired) electrons.